The number of hydrogen-bond acceptors (Lipinski definition) is 6. The van der Waals surface area contributed by atoms with E-state index in [4.69, 9.17) is 9.47 Å². The number of benzene rings is 2. The number of amides is 1. The molecule has 174 valence electrons. The molecule has 2 N–H and O–H groups in total. The molecule has 1 aliphatic heterocycles. The van der Waals surface area contributed by atoms with Crippen molar-refractivity contribution in [3.63, 3.8) is 0 Å². The highest BCUT2D eigenvalue weighted by atomic mass is 16.5. The van der Waals surface area contributed by atoms with Crippen LogP contribution >= 0.6 is 0 Å². The number of nitrogens with one attached hydrogen (secondary N) is 1. The fourth-order valence-electron chi connectivity index (χ4n) is 4.04. The van der Waals surface area contributed by atoms with E-state index in [9.17, 15) is 14.7 Å². The van der Waals surface area contributed by atoms with Crippen molar-refractivity contribution in [2.75, 3.05) is 40.0 Å². The number of morpholine rings is 1. The number of fused-ring (bicyclic) bond motifs is 1. The van der Waals surface area contributed by atoms with Gasteiger partial charge in [0.05, 0.1) is 26.9 Å². The number of carboxylic acids is 1. The lowest BCUT2D eigenvalue weighted by molar-refractivity contribution is -0.139. The van der Waals surface area contributed by atoms with Gasteiger partial charge in [-0.15, -0.1) is 0 Å². The SMILES string of the molecule is COc1cccc2c(C(=O)NC(Cc3ccccc3)C(=O)O)nn(CCN3CCOCC3)c12. The molecule has 1 atom stereocenters. The van der Waals surface area contributed by atoms with Gasteiger partial charge in [-0.1, -0.05) is 42.5 Å². The van der Waals surface area contributed by atoms with E-state index in [2.05, 4.69) is 15.3 Å². The Labute approximate surface area is 191 Å². The number of carbonyl (C=O) groups excluding carboxylic acids is 1. The molecule has 1 amide bonds. The van der Waals surface area contributed by atoms with E-state index in [-0.39, 0.29) is 12.1 Å². The highest BCUT2D eigenvalue weighted by Crippen LogP contribution is 2.28. The standard InChI is InChI=1S/C24H28N4O5/c1-32-20-9-5-8-18-21(26-28(22(18)20)11-10-27-12-14-33-15-13-27)23(29)25-19(24(30)31)16-17-6-3-2-4-7-17/h2-9,19H,10-16H2,1H3,(H,25,29)(H,30,31). The van der Waals surface area contributed by atoms with E-state index in [0.717, 1.165) is 25.2 Å². The van der Waals surface area contributed by atoms with Crippen LogP contribution in [0.25, 0.3) is 10.9 Å². The smallest absolute Gasteiger partial charge is 0.326 e. The van der Waals surface area contributed by atoms with Crippen molar-refractivity contribution >= 4 is 22.8 Å². The lowest BCUT2D eigenvalue weighted by Crippen LogP contribution is -2.42. The summed E-state index contributed by atoms with van der Waals surface area (Å²) < 4.78 is 12.7. The summed E-state index contributed by atoms with van der Waals surface area (Å²) in [5.41, 5.74) is 1.73. The Bertz CT molecular complexity index is 1110. The number of carbonyl (C=O) groups is 2. The zero-order valence-corrected chi connectivity index (χ0v) is 18.6. The Morgan fingerprint density at radius 1 is 1.12 bits per heavy atom. The molecule has 0 spiro atoms. The minimum absolute atomic E-state index is 0.181. The van der Waals surface area contributed by atoms with Gasteiger partial charge in [0.15, 0.2) is 5.69 Å². The van der Waals surface area contributed by atoms with Crippen LogP contribution in [0.1, 0.15) is 16.1 Å². The predicted molar refractivity (Wildman–Crippen MR) is 123 cm³/mol. The second-order valence-electron chi connectivity index (χ2n) is 7.94. The molecule has 0 radical (unpaired) electrons. The summed E-state index contributed by atoms with van der Waals surface area (Å²) in [5, 5.41) is 17.5. The molecule has 4 rings (SSSR count). The molecule has 0 saturated carbocycles. The summed E-state index contributed by atoms with van der Waals surface area (Å²) in [7, 11) is 1.58. The summed E-state index contributed by atoms with van der Waals surface area (Å²) in [5.74, 6) is -1.01. The summed E-state index contributed by atoms with van der Waals surface area (Å²) in [6.45, 7) is 4.43. The normalized spacial score (nSPS) is 15.3. The second-order valence-corrected chi connectivity index (χ2v) is 7.94. The van der Waals surface area contributed by atoms with Crippen LogP contribution in [-0.4, -0.2) is 77.7 Å². The molecule has 1 aliphatic rings. The van der Waals surface area contributed by atoms with E-state index < -0.39 is 17.9 Å². The molecule has 1 aromatic heterocycles. The Kier molecular flexibility index (Phi) is 7.21. The third kappa shape index (κ3) is 5.32. The zero-order valence-electron chi connectivity index (χ0n) is 18.6. The average Bonchev–Trinajstić information content (AvgIpc) is 3.22. The van der Waals surface area contributed by atoms with Gasteiger partial charge in [-0.25, -0.2) is 4.79 Å². The Balaban J connectivity index is 1.59. The third-order valence-corrected chi connectivity index (χ3v) is 5.79. The van der Waals surface area contributed by atoms with Crippen molar-refractivity contribution < 1.29 is 24.2 Å². The quantitative estimate of drug-likeness (QED) is 0.510. The van der Waals surface area contributed by atoms with Gasteiger partial charge in [-0.2, -0.15) is 5.10 Å². The molecule has 1 unspecified atom stereocenters. The summed E-state index contributed by atoms with van der Waals surface area (Å²) in [4.78, 5) is 27.3. The third-order valence-electron chi connectivity index (χ3n) is 5.79. The molecule has 2 aromatic carbocycles. The van der Waals surface area contributed by atoms with Gasteiger partial charge in [0.1, 0.15) is 17.3 Å². The molecule has 3 aromatic rings. The number of nitrogens with zero attached hydrogens (tertiary/aromatic N) is 3. The lowest BCUT2D eigenvalue weighted by atomic mass is 10.1. The van der Waals surface area contributed by atoms with Gasteiger partial charge < -0.3 is 19.9 Å². The first-order valence-electron chi connectivity index (χ1n) is 11.0. The number of ether oxygens (including phenoxy) is 2. The fraction of sp³-hybridized carbons (Fsp3) is 0.375. The highest BCUT2D eigenvalue weighted by molar-refractivity contribution is 6.07. The van der Waals surface area contributed by atoms with Crippen molar-refractivity contribution in [3.8, 4) is 5.75 Å². The first-order valence-corrected chi connectivity index (χ1v) is 11.0. The molecule has 0 bridgehead atoms. The largest absolute Gasteiger partial charge is 0.494 e. The first kappa shape index (κ1) is 22.8. The van der Waals surface area contributed by atoms with Crippen LogP contribution in [0.4, 0.5) is 0 Å². The van der Waals surface area contributed by atoms with Gasteiger partial charge in [0.2, 0.25) is 0 Å². The van der Waals surface area contributed by atoms with Crippen LogP contribution in [0.3, 0.4) is 0 Å². The van der Waals surface area contributed by atoms with Crippen LogP contribution in [0, 0.1) is 0 Å². The van der Waals surface area contributed by atoms with E-state index in [1.165, 1.54) is 0 Å². The van der Waals surface area contributed by atoms with Gasteiger partial charge in [-0.05, 0) is 11.6 Å². The zero-order chi connectivity index (χ0) is 23.2. The van der Waals surface area contributed by atoms with E-state index in [1.807, 2.05) is 36.4 Å². The van der Waals surface area contributed by atoms with Crippen molar-refractivity contribution in [2.45, 2.75) is 19.0 Å². The molecule has 0 aliphatic carbocycles. The number of para-hydroxylation sites is 1. The molecule has 9 heteroatoms. The van der Waals surface area contributed by atoms with Crippen LogP contribution in [-0.2, 0) is 22.5 Å². The maximum Gasteiger partial charge on any atom is 0.326 e. The lowest BCUT2D eigenvalue weighted by Gasteiger charge is -2.26. The van der Waals surface area contributed by atoms with Crippen LogP contribution < -0.4 is 10.1 Å². The maximum absolute atomic E-state index is 13.2. The van der Waals surface area contributed by atoms with Crippen molar-refractivity contribution in [1.82, 2.24) is 20.0 Å². The molecule has 33 heavy (non-hydrogen) atoms. The fourth-order valence-corrected chi connectivity index (χ4v) is 4.04. The number of carboxylic acid groups (broad SMARTS) is 1. The van der Waals surface area contributed by atoms with Crippen molar-refractivity contribution in [1.29, 1.82) is 0 Å². The Hall–Kier alpha value is -3.43. The molecular formula is C24H28N4O5. The topological polar surface area (TPSA) is 106 Å². The maximum atomic E-state index is 13.2. The summed E-state index contributed by atoms with van der Waals surface area (Å²) >= 11 is 0. The van der Waals surface area contributed by atoms with Gasteiger partial charge in [-0.3, -0.25) is 14.4 Å². The number of rotatable bonds is 9. The minimum Gasteiger partial charge on any atom is -0.494 e. The Morgan fingerprint density at radius 2 is 1.88 bits per heavy atom. The first-order chi connectivity index (χ1) is 16.1. The summed E-state index contributed by atoms with van der Waals surface area (Å²) in [6, 6.07) is 13.6. The molecule has 1 saturated heterocycles. The van der Waals surface area contributed by atoms with Gasteiger partial charge >= 0.3 is 5.97 Å². The molecule has 9 nitrogen and oxygen atoms in total. The second kappa shape index (κ2) is 10.5. The van der Waals surface area contributed by atoms with Crippen molar-refractivity contribution in [3.05, 3.63) is 59.8 Å². The molecule has 1 fully saturated rings. The minimum atomic E-state index is -1.10. The molecular weight excluding hydrogens is 424 g/mol. The molecule has 2 heterocycles. The predicted octanol–water partition coefficient (Wildman–Crippen LogP) is 1.80. The van der Waals surface area contributed by atoms with E-state index in [0.29, 0.717) is 36.4 Å². The van der Waals surface area contributed by atoms with Crippen LogP contribution in [0.2, 0.25) is 0 Å². The van der Waals surface area contributed by atoms with Gasteiger partial charge in [0, 0.05) is 31.4 Å². The highest BCUT2D eigenvalue weighted by Gasteiger charge is 2.26. The van der Waals surface area contributed by atoms with Crippen molar-refractivity contribution in [2.24, 2.45) is 0 Å². The monoisotopic (exact) mass is 452 g/mol. The number of aliphatic carboxylic acids is 1. The summed E-state index contributed by atoms with van der Waals surface area (Å²) in [6.07, 6.45) is 0.181. The Morgan fingerprint density at radius 3 is 2.58 bits per heavy atom. The van der Waals surface area contributed by atoms with Crippen LogP contribution in [0.15, 0.2) is 48.5 Å². The number of aromatic nitrogens is 2. The van der Waals surface area contributed by atoms with Crippen LogP contribution in [0.5, 0.6) is 5.75 Å². The van der Waals surface area contributed by atoms with E-state index >= 15 is 0 Å². The van der Waals surface area contributed by atoms with Gasteiger partial charge in [0.25, 0.3) is 5.91 Å². The van der Waals surface area contributed by atoms with E-state index in [1.54, 1.807) is 23.9 Å². The average molecular weight is 453 g/mol. The number of methoxy groups -OCH3 is 1. The number of hydrogen-bond donors (Lipinski definition) is 2.